The van der Waals surface area contributed by atoms with Crippen LogP contribution in [0.4, 0.5) is 5.69 Å². The number of anilines is 1. The fourth-order valence-corrected chi connectivity index (χ4v) is 3.69. The van der Waals surface area contributed by atoms with E-state index in [0.717, 1.165) is 5.56 Å². The third-order valence-electron chi connectivity index (χ3n) is 3.85. The van der Waals surface area contributed by atoms with Gasteiger partial charge < -0.3 is 5.32 Å². The van der Waals surface area contributed by atoms with Gasteiger partial charge in [0, 0.05) is 24.5 Å². The van der Waals surface area contributed by atoms with Crippen LogP contribution in [0.25, 0.3) is 0 Å². The van der Waals surface area contributed by atoms with E-state index in [1.54, 1.807) is 24.4 Å². The zero-order chi connectivity index (χ0) is 17.9. The second-order valence-corrected chi connectivity index (χ2v) is 7.47. The molecule has 3 rings (SSSR count). The van der Waals surface area contributed by atoms with Crippen LogP contribution in [0.15, 0.2) is 47.6 Å². The summed E-state index contributed by atoms with van der Waals surface area (Å²) >= 11 is 0. The molecule has 0 radical (unpaired) electrons. The van der Waals surface area contributed by atoms with E-state index < -0.39 is 15.9 Å². The van der Waals surface area contributed by atoms with E-state index in [9.17, 15) is 18.0 Å². The molecule has 0 atom stereocenters. The molecule has 2 aromatic rings. The number of fused-ring (bicyclic) bond motifs is 1. The van der Waals surface area contributed by atoms with Crippen molar-refractivity contribution in [3.63, 3.8) is 0 Å². The van der Waals surface area contributed by atoms with Gasteiger partial charge in [0.15, 0.2) is 0 Å². The van der Waals surface area contributed by atoms with E-state index in [1.165, 1.54) is 18.3 Å². The molecule has 130 valence electrons. The second-order valence-electron chi connectivity index (χ2n) is 5.79. The van der Waals surface area contributed by atoms with Gasteiger partial charge in [0.1, 0.15) is 0 Å². The Hall–Kier alpha value is -2.74. The Morgan fingerprint density at radius 2 is 2.08 bits per heavy atom. The van der Waals surface area contributed by atoms with Crippen molar-refractivity contribution >= 4 is 27.5 Å². The monoisotopic (exact) mass is 359 g/mol. The Balaban J connectivity index is 1.77. The van der Waals surface area contributed by atoms with Gasteiger partial charge in [0.05, 0.1) is 11.3 Å². The van der Waals surface area contributed by atoms with Crippen LogP contribution in [0.5, 0.6) is 0 Å². The molecule has 1 aromatic heterocycles. The lowest BCUT2D eigenvalue weighted by molar-refractivity contribution is -0.118. The Morgan fingerprint density at radius 3 is 2.84 bits per heavy atom. The molecule has 0 fully saturated rings. The van der Waals surface area contributed by atoms with Gasteiger partial charge >= 0.3 is 0 Å². The molecule has 8 heteroatoms. The van der Waals surface area contributed by atoms with E-state index in [4.69, 9.17) is 0 Å². The van der Waals surface area contributed by atoms with E-state index >= 15 is 0 Å². The largest absolute Gasteiger partial charge is 0.326 e. The van der Waals surface area contributed by atoms with Crippen LogP contribution in [0.2, 0.25) is 0 Å². The molecule has 0 spiro atoms. The molecule has 0 bridgehead atoms. The van der Waals surface area contributed by atoms with Gasteiger partial charge in [0.25, 0.3) is 10.0 Å². The van der Waals surface area contributed by atoms with Crippen LogP contribution >= 0.6 is 0 Å². The van der Waals surface area contributed by atoms with E-state index in [0.29, 0.717) is 30.5 Å². The van der Waals surface area contributed by atoms with Crippen molar-refractivity contribution in [2.75, 3.05) is 5.32 Å². The summed E-state index contributed by atoms with van der Waals surface area (Å²) in [5.74, 6) is -0.713. The molecular weight excluding hydrogens is 342 g/mol. The van der Waals surface area contributed by atoms with Crippen LogP contribution in [0.3, 0.4) is 0 Å². The number of hydrogen-bond acceptors (Lipinski definition) is 5. The van der Waals surface area contributed by atoms with Crippen molar-refractivity contribution in [3.8, 4) is 0 Å². The molecule has 0 saturated carbocycles. The Labute approximate surface area is 145 Å². The second kappa shape index (κ2) is 7.02. The smallest absolute Gasteiger partial charge is 0.264 e. The summed E-state index contributed by atoms with van der Waals surface area (Å²) in [6.45, 7) is 0. The molecule has 1 aliphatic heterocycles. The van der Waals surface area contributed by atoms with Crippen molar-refractivity contribution in [3.05, 3.63) is 53.9 Å². The first-order chi connectivity index (χ1) is 11.9. The van der Waals surface area contributed by atoms with E-state index in [-0.39, 0.29) is 17.2 Å². The van der Waals surface area contributed by atoms with Gasteiger partial charge in [-0.2, -0.15) is 0 Å². The summed E-state index contributed by atoms with van der Waals surface area (Å²) in [6.07, 6.45) is 4.66. The highest BCUT2D eigenvalue weighted by Gasteiger charge is 2.21. The molecular formula is C17H17N3O4S. The Morgan fingerprint density at radius 1 is 1.24 bits per heavy atom. The van der Waals surface area contributed by atoms with Crippen molar-refractivity contribution in [1.82, 2.24) is 9.71 Å². The molecule has 0 aliphatic carbocycles. The number of sulfonamides is 1. The summed E-state index contributed by atoms with van der Waals surface area (Å²) < 4.78 is 26.9. The van der Waals surface area contributed by atoms with Crippen LogP contribution in [-0.2, 0) is 32.5 Å². The number of nitrogens with zero attached hydrogens (tertiary/aromatic N) is 1. The fraction of sp³-hybridized carbons (Fsp3) is 0.235. The molecule has 2 amide bonds. The summed E-state index contributed by atoms with van der Waals surface area (Å²) in [4.78, 5) is 27.5. The number of carbonyl (C=O) groups is 2. The van der Waals surface area contributed by atoms with E-state index in [2.05, 4.69) is 15.0 Å². The highest BCUT2D eigenvalue weighted by atomic mass is 32.2. The molecule has 2 heterocycles. The predicted molar refractivity (Wildman–Crippen MR) is 91.3 cm³/mol. The van der Waals surface area contributed by atoms with Crippen LogP contribution < -0.4 is 10.0 Å². The Bertz CT molecular complexity index is 911. The standard InChI is InChI=1S/C17H17N3O4S/c21-16-5-1-4-13-10-14(6-7-15(13)19-16)25(23,24)20-17(22)9-12-3-2-8-18-11-12/h2-3,6-8,10-11H,1,4-5,9H2,(H,19,21)(H,20,22). The lowest BCUT2D eigenvalue weighted by atomic mass is 10.1. The quantitative estimate of drug-likeness (QED) is 0.858. The maximum Gasteiger partial charge on any atom is 0.264 e. The first-order valence-corrected chi connectivity index (χ1v) is 9.30. The number of rotatable bonds is 4. The van der Waals surface area contributed by atoms with Gasteiger partial charge in [-0.3, -0.25) is 14.6 Å². The summed E-state index contributed by atoms with van der Waals surface area (Å²) in [7, 11) is -3.97. The normalized spacial score (nSPS) is 14.2. The summed E-state index contributed by atoms with van der Waals surface area (Å²) in [5, 5.41) is 2.75. The van der Waals surface area contributed by atoms with Crippen molar-refractivity contribution in [2.24, 2.45) is 0 Å². The number of hydrogen-bond donors (Lipinski definition) is 2. The van der Waals surface area contributed by atoms with Crippen LogP contribution in [-0.4, -0.2) is 25.2 Å². The highest BCUT2D eigenvalue weighted by molar-refractivity contribution is 7.90. The van der Waals surface area contributed by atoms with E-state index in [1.807, 2.05) is 0 Å². The minimum atomic E-state index is -3.97. The number of aromatic nitrogens is 1. The van der Waals surface area contributed by atoms with Crippen molar-refractivity contribution in [1.29, 1.82) is 0 Å². The predicted octanol–water partition coefficient (Wildman–Crippen LogP) is 1.40. The van der Waals surface area contributed by atoms with Gasteiger partial charge in [-0.25, -0.2) is 13.1 Å². The number of nitrogens with one attached hydrogen (secondary N) is 2. The maximum absolute atomic E-state index is 12.4. The lowest BCUT2D eigenvalue weighted by Crippen LogP contribution is -2.31. The van der Waals surface area contributed by atoms with Crippen LogP contribution in [0.1, 0.15) is 24.0 Å². The molecule has 1 aromatic carbocycles. The number of benzene rings is 1. The molecule has 0 saturated heterocycles. The fourth-order valence-electron chi connectivity index (χ4n) is 2.65. The Kier molecular flexibility index (Phi) is 4.80. The third kappa shape index (κ3) is 4.21. The average Bonchev–Trinajstić information content (AvgIpc) is 2.75. The lowest BCUT2D eigenvalue weighted by Gasteiger charge is -2.11. The number of amides is 2. The van der Waals surface area contributed by atoms with Gasteiger partial charge in [-0.1, -0.05) is 6.07 Å². The highest BCUT2D eigenvalue weighted by Crippen LogP contribution is 2.25. The minimum Gasteiger partial charge on any atom is -0.326 e. The van der Waals surface area contributed by atoms with Gasteiger partial charge in [-0.05, 0) is 48.2 Å². The van der Waals surface area contributed by atoms with Crippen molar-refractivity contribution in [2.45, 2.75) is 30.6 Å². The molecule has 25 heavy (non-hydrogen) atoms. The molecule has 2 N–H and O–H groups in total. The zero-order valence-electron chi connectivity index (χ0n) is 13.4. The number of carbonyl (C=O) groups excluding carboxylic acids is 2. The molecule has 0 unspecified atom stereocenters. The van der Waals surface area contributed by atoms with Gasteiger partial charge in [0.2, 0.25) is 11.8 Å². The first kappa shape index (κ1) is 17.1. The minimum absolute atomic E-state index is 0.00179. The van der Waals surface area contributed by atoms with Crippen molar-refractivity contribution < 1.29 is 18.0 Å². The summed E-state index contributed by atoms with van der Waals surface area (Å²) in [5.41, 5.74) is 1.98. The van der Waals surface area contributed by atoms with Gasteiger partial charge in [-0.15, -0.1) is 0 Å². The number of aryl methyl sites for hydroxylation is 1. The average molecular weight is 359 g/mol. The third-order valence-corrected chi connectivity index (χ3v) is 5.22. The molecule has 1 aliphatic rings. The summed E-state index contributed by atoms with van der Waals surface area (Å²) in [6, 6.07) is 7.81. The first-order valence-electron chi connectivity index (χ1n) is 7.81. The maximum atomic E-state index is 12.4. The van der Waals surface area contributed by atoms with Crippen LogP contribution in [0, 0.1) is 0 Å². The zero-order valence-corrected chi connectivity index (χ0v) is 14.2. The topological polar surface area (TPSA) is 105 Å². The SMILES string of the molecule is O=C1CCCc2cc(S(=O)(=O)NC(=O)Cc3cccnc3)ccc2N1. The number of pyridine rings is 1. The molecule has 7 nitrogen and oxygen atoms in total.